The summed E-state index contributed by atoms with van der Waals surface area (Å²) in [7, 11) is 1.37. The minimum absolute atomic E-state index is 0.556. The average Bonchev–Trinajstić information content (AvgIpc) is 1.97. The summed E-state index contributed by atoms with van der Waals surface area (Å²) in [5, 5.41) is 4.39. The number of amides is 3. The van der Waals surface area contributed by atoms with E-state index in [2.05, 4.69) is 5.32 Å². The van der Waals surface area contributed by atoms with Crippen molar-refractivity contribution in [2.75, 3.05) is 7.11 Å². The van der Waals surface area contributed by atoms with Crippen molar-refractivity contribution in [3.8, 4) is 0 Å². The highest BCUT2D eigenvalue weighted by molar-refractivity contribution is 6.36. The largest absolute Gasteiger partial charge is 0.359 e. The summed E-state index contributed by atoms with van der Waals surface area (Å²) in [6, 6.07) is -0.593. The van der Waals surface area contributed by atoms with Gasteiger partial charge in [-0.1, -0.05) is 0 Å². The summed E-state index contributed by atoms with van der Waals surface area (Å²) in [6.45, 7) is 1.47. The number of carbonyl (C=O) groups is 2. The van der Waals surface area contributed by atoms with Crippen LogP contribution in [0.15, 0.2) is 0 Å². The third-order valence-corrected chi connectivity index (χ3v) is 2.03. The predicted molar refractivity (Wildman–Crippen MR) is 41.7 cm³/mol. The first-order chi connectivity index (χ1) is 5.48. The standard InChI is InChI=1S/C6H9ClN2O3/c1-6(7)3(10)8-5(11)9-4(6)12-2/h4H,1-2H3,(H2,8,9,10,11). The van der Waals surface area contributed by atoms with Gasteiger partial charge in [-0.15, -0.1) is 11.6 Å². The molecular formula is C6H9ClN2O3. The van der Waals surface area contributed by atoms with Crippen LogP contribution < -0.4 is 10.6 Å². The van der Waals surface area contributed by atoms with Gasteiger partial charge >= 0.3 is 6.03 Å². The molecule has 0 aromatic carbocycles. The van der Waals surface area contributed by atoms with E-state index < -0.39 is 23.0 Å². The van der Waals surface area contributed by atoms with Crippen LogP contribution in [0.4, 0.5) is 4.79 Å². The Labute approximate surface area is 74.4 Å². The van der Waals surface area contributed by atoms with Crippen molar-refractivity contribution in [1.82, 2.24) is 10.6 Å². The van der Waals surface area contributed by atoms with Gasteiger partial charge in [0.1, 0.15) is 0 Å². The van der Waals surface area contributed by atoms with Crippen molar-refractivity contribution in [2.24, 2.45) is 0 Å². The maximum absolute atomic E-state index is 11.1. The van der Waals surface area contributed by atoms with Gasteiger partial charge in [-0.3, -0.25) is 10.1 Å². The zero-order chi connectivity index (χ0) is 9.35. The van der Waals surface area contributed by atoms with Crippen molar-refractivity contribution in [3.63, 3.8) is 0 Å². The predicted octanol–water partition coefficient (Wildman–Crippen LogP) is -0.204. The van der Waals surface area contributed by atoms with Crippen molar-refractivity contribution in [1.29, 1.82) is 0 Å². The van der Waals surface area contributed by atoms with Crippen LogP contribution >= 0.6 is 11.6 Å². The number of urea groups is 1. The van der Waals surface area contributed by atoms with Crippen LogP contribution in [-0.4, -0.2) is 30.2 Å². The normalized spacial score (nSPS) is 35.8. The first-order valence-corrected chi connectivity index (χ1v) is 3.70. The lowest BCUT2D eigenvalue weighted by Crippen LogP contribution is -2.65. The molecule has 2 unspecified atom stereocenters. The molecule has 1 heterocycles. The maximum Gasteiger partial charge on any atom is 0.323 e. The van der Waals surface area contributed by atoms with E-state index in [1.807, 2.05) is 5.32 Å². The van der Waals surface area contributed by atoms with E-state index in [-0.39, 0.29) is 0 Å². The SMILES string of the molecule is COC1NC(=O)NC(=O)C1(C)Cl. The van der Waals surface area contributed by atoms with Crippen molar-refractivity contribution >= 4 is 23.5 Å². The first kappa shape index (κ1) is 9.28. The first-order valence-electron chi connectivity index (χ1n) is 3.32. The molecule has 12 heavy (non-hydrogen) atoms. The number of imide groups is 1. The number of hydrogen-bond acceptors (Lipinski definition) is 3. The Morgan fingerprint density at radius 1 is 1.58 bits per heavy atom. The Hall–Kier alpha value is -0.810. The van der Waals surface area contributed by atoms with E-state index in [0.717, 1.165) is 0 Å². The summed E-state index contributed by atoms with van der Waals surface area (Å²) in [4.78, 5) is 20.6. The molecule has 0 radical (unpaired) electrons. The van der Waals surface area contributed by atoms with E-state index in [1.54, 1.807) is 0 Å². The topological polar surface area (TPSA) is 67.4 Å². The maximum atomic E-state index is 11.1. The smallest absolute Gasteiger partial charge is 0.323 e. The molecule has 0 aromatic heterocycles. The second-order valence-corrected chi connectivity index (χ2v) is 3.40. The number of alkyl halides is 1. The molecule has 3 amide bonds. The van der Waals surface area contributed by atoms with Gasteiger partial charge in [-0.2, -0.15) is 0 Å². The van der Waals surface area contributed by atoms with E-state index >= 15 is 0 Å². The molecule has 1 fully saturated rings. The molecule has 1 saturated heterocycles. The molecule has 0 bridgehead atoms. The summed E-state index contributed by atoms with van der Waals surface area (Å²) in [5.74, 6) is -0.556. The lowest BCUT2D eigenvalue weighted by Gasteiger charge is -2.33. The zero-order valence-corrected chi connectivity index (χ0v) is 7.44. The van der Waals surface area contributed by atoms with Crippen LogP contribution in [0.3, 0.4) is 0 Å². The minimum atomic E-state index is -1.25. The van der Waals surface area contributed by atoms with Crippen molar-refractivity contribution in [3.05, 3.63) is 0 Å². The highest BCUT2D eigenvalue weighted by Crippen LogP contribution is 2.22. The van der Waals surface area contributed by atoms with Gasteiger partial charge in [0, 0.05) is 7.11 Å². The van der Waals surface area contributed by atoms with Crippen molar-refractivity contribution in [2.45, 2.75) is 18.0 Å². The van der Waals surface area contributed by atoms with Crippen LogP contribution in [-0.2, 0) is 9.53 Å². The number of carbonyl (C=O) groups excluding carboxylic acids is 2. The van der Waals surface area contributed by atoms with E-state index in [1.165, 1.54) is 14.0 Å². The monoisotopic (exact) mass is 192 g/mol. The fraction of sp³-hybridized carbons (Fsp3) is 0.667. The Morgan fingerprint density at radius 3 is 2.67 bits per heavy atom. The molecule has 0 aromatic rings. The molecule has 1 rings (SSSR count). The molecular weight excluding hydrogens is 184 g/mol. The Morgan fingerprint density at radius 2 is 2.17 bits per heavy atom. The Balaban J connectivity index is 2.85. The number of methoxy groups -OCH3 is 1. The molecule has 0 spiro atoms. The van der Waals surface area contributed by atoms with Gasteiger partial charge < -0.3 is 10.1 Å². The fourth-order valence-corrected chi connectivity index (χ4v) is 1.11. The van der Waals surface area contributed by atoms with Crippen LogP contribution in [0.25, 0.3) is 0 Å². The van der Waals surface area contributed by atoms with Gasteiger partial charge in [0.05, 0.1) is 0 Å². The molecule has 0 saturated carbocycles. The second-order valence-electron chi connectivity index (χ2n) is 2.62. The summed E-state index contributed by atoms with van der Waals surface area (Å²) in [6.07, 6.45) is -0.791. The van der Waals surface area contributed by atoms with Gasteiger partial charge in [0.15, 0.2) is 11.1 Å². The molecule has 2 atom stereocenters. The molecule has 5 nitrogen and oxygen atoms in total. The van der Waals surface area contributed by atoms with Crippen LogP contribution in [0.2, 0.25) is 0 Å². The minimum Gasteiger partial charge on any atom is -0.359 e. The number of ether oxygens (including phenoxy) is 1. The summed E-state index contributed by atoms with van der Waals surface area (Å²) < 4.78 is 4.82. The number of hydrogen-bond donors (Lipinski definition) is 2. The lowest BCUT2D eigenvalue weighted by molar-refractivity contribution is -0.128. The highest BCUT2D eigenvalue weighted by Gasteiger charge is 2.45. The van der Waals surface area contributed by atoms with Crippen molar-refractivity contribution < 1.29 is 14.3 Å². The van der Waals surface area contributed by atoms with Crippen LogP contribution in [0.5, 0.6) is 0 Å². The number of halogens is 1. The molecule has 1 aliphatic heterocycles. The molecule has 6 heteroatoms. The van der Waals surface area contributed by atoms with Crippen LogP contribution in [0.1, 0.15) is 6.92 Å². The zero-order valence-electron chi connectivity index (χ0n) is 6.68. The summed E-state index contributed by atoms with van der Waals surface area (Å²) >= 11 is 5.80. The van der Waals surface area contributed by atoms with Crippen LogP contribution in [0, 0.1) is 0 Å². The lowest BCUT2D eigenvalue weighted by atomic mass is 10.1. The highest BCUT2D eigenvalue weighted by atomic mass is 35.5. The molecule has 68 valence electrons. The fourth-order valence-electron chi connectivity index (χ4n) is 0.915. The van der Waals surface area contributed by atoms with E-state index in [9.17, 15) is 9.59 Å². The van der Waals surface area contributed by atoms with Gasteiger partial charge in [-0.25, -0.2) is 4.79 Å². The van der Waals surface area contributed by atoms with Gasteiger partial charge in [0.2, 0.25) is 0 Å². The Kier molecular flexibility index (Phi) is 2.25. The average molecular weight is 193 g/mol. The van der Waals surface area contributed by atoms with Gasteiger partial charge in [0.25, 0.3) is 5.91 Å². The van der Waals surface area contributed by atoms with E-state index in [0.29, 0.717) is 0 Å². The summed E-state index contributed by atoms with van der Waals surface area (Å²) in [5.41, 5.74) is 0. The number of nitrogens with one attached hydrogen (secondary N) is 2. The third kappa shape index (κ3) is 1.37. The quantitative estimate of drug-likeness (QED) is 0.566. The second kappa shape index (κ2) is 2.91. The van der Waals surface area contributed by atoms with E-state index in [4.69, 9.17) is 16.3 Å². The molecule has 1 aliphatic rings. The third-order valence-electron chi connectivity index (χ3n) is 1.66. The Bertz CT molecular complexity index is 229. The number of rotatable bonds is 1. The molecule has 2 N–H and O–H groups in total. The van der Waals surface area contributed by atoms with Gasteiger partial charge in [-0.05, 0) is 6.92 Å². The molecule has 0 aliphatic carbocycles.